The van der Waals surface area contributed by atoms with Gasteiger partial charge in [-0.1, -0.05) is 24.3 Å². The van der Waals surface area contributed by atoms with E-state index in [9.17, 15) is 0 Å². The van der Waals surface area contributed by atoms with Crippen LogP contribution in [0.25, 0.3) is 11.4 Å². The fourth-order valence-corrected chi connectivity index (χ4v) is 1.14. The van der Waals surface area contributed by atoms with Crippen LogP contribution < -0.4 is 5.73 Å². The first-order chi connectivity index (χ1) is 6.40. The van der Waals surface area contributed by atoms with Crippen LogP contribution in [-0.4, -0.2) is 15.2 Å². The molecule has 0 bridgehead atoms. The lowest BCUT2D eigenvalue weighted by atomic mass is 10.1. The Bertz CT molecular complexity index is 372. The van der Waals surface area contributed by atoms with Gasteiger partial charge in [-0.05, 0) is 5.56 Å². The Kier molecular flexibility index (Phi) is 5.93. The highest BCUT2D eigenvalue weighted by Crippen LogP contribution is 2.13. The van der Waals surface area contributed by atoms with Crippen LogP contribution in [0.4, 0.5) is 0 Å². The molecule has 2 rings (SSSR count). The third-order valence-electron chi connectivity index (χ3n) is 1.88. The Labute approximate surface area is 100 Å². The topological polar surface area (TPSA) is 67.6 Å². The largest absolute Gasteiger partial charge is 0.326 e. The number of nitrogens with one attached hydrogen (secondary N) is 1. The standard InChI is InChI=1S/C9H10N4.2ClH/c10-5-7-1-3-8(4-2-7)9-11-6-12-13-9;;/h1-4,6H,5,10H2,(H,11,12,13);2*1H. The molecule has 15 heavy (non-hydrogen) atoms. The number of rotatable bonds is 2. The highest BCUT2D eigenvalue weighted by Gasteiger charge is 1.98. The van der Waals surface area contributed by atoms with Crippen LogP contribution in [0.2, 0.25) is 0 Å². The quantitative estimate of drug-likeness (QED) is 0.849. The molecular formula is C9H12Cl2N4. The van der Waals surface area contributed by atoms with Crippen LogP contribution in [0, 0.1) is 0 Å². The minimum Gasteiger partial charge on any atom is -0.326 e. The van der Waals surface area contributed by atoms with Gasteiger partial charge in [0.25, 0.3) is 0 Å². The molecular weight excluding hydrogens is 235 g/mol. The number of hydrogen-bond donors (Lipinski definition) is 2. The molecule has 0 aliphatic carbocycles. The van der Waals surface area contributed by atoms with Crippen molar-refractivity contribution in [3.05, 3.63) is 36.2 Å². The Balaban J connectivity index is 0.000000980. The zero-order valence-corrected chi connectivity index (χ0v) is 9.52. The van der Waals surface area contributed by atoms with Crippen molar-refractivity contribution in [1.82, 2.24) is 15.2 Å². The number of aromatic amines is 1. The molecule has 0 saturated heterocycles. The lowest BCUT2D eigenvalue weighted by Gasteiger charge is -1.98. The van der Waals surface area contributed by atoms with Gasteiger partial charge in [-0.2, -0.15) is 5.10 Å². The molecule has 82 valence electrons. The van der Waals surface area contributed by atoms with Crippen molar-refractivity contribution in [3.8, 4) is 11.4 Å². The summed E-state index contributed by atoms with van der Waals surface area (Å²) in [6, 6.07) is 7.92. The van der Waals surface area contributed by atoms with Gasteiger partial charge in [-0.3, -0.25) is 5.10 Å². The highest BCUT2D eigenvalue weighted by molar-refractivity contribution is 5.85. The summed E-state index contributed by atoms with van der Waals surface area (Å²) in [6.45, 7) is 0.566. The first kappa shape index (κ1) is 13.9. The fourth-order valence-electron chi connectivity index (χ4n) is 1.14. The number of nitrogens with zero attached hydrogens (tertiary/aromatic N) is 2. The number of halogens is 2. The van der Waals surface area contributed by atoms with Crippen molar-refractivity contribution in [1.29, 1.82) is 0 Å². The van der Waals surface area contributed by atoms with E-state index in [-0.39, 0.29) is 24.8 Å². The summed E-state index contributed by atoms with van der Waals surface area (Å²) < 4.78 is 0. The predicted molar refractivity (Wildman–Crippen MR) is 64.2 cm³/mol. The van der Waals surface area contributed by atoms with Crippen LogP contribution in [0.15, 0.2) is 30.6 Å². The van der Waals surface area contributed by atoms with Gasteiger partial charge in [0.2, 0.25) is 0 Å². The summed E-state index contributed by atoms with van der Waals surface area (Å²) in [5.74, 6) is 0.781. The molecule has 1 aromatic carbocycles. The molecule has 0 aliphatic heterocycles. The van der Waals surface area contributed by atoms with Gasteiger partial charge in [-0.15, -0.1) is 24.8 Å². The number of benzene rings is 1. The SMILES string of the molecule is Cl.Cl.NCc1ccc(-c2ncn[nH]2)cc1. The summed E-state index contributed by atoms with van der Waals surface area (Å²) in [5.41, 5.74) is 7.62. The Hall–Kier alpha value is -1.10. The molecule has 0 spiro atoms. The monoisotopic (exact) mass is 246 g/mol. The Morgan fingerprint density at radius 1 is 1.13 bits per heavy atom. The molecule has 0 aliphatic rings. The molecule has 0 unspecified atom stereocenters. The summed E-state index contributed by atoms with van der Waals surface area (Å²) in [7, 11) is 0. The van der Waals surface area contributed by atoms with Gasteiger partial charge in [0, 0.05) is 12.1 Å². The van der Waals surface area contributed by atoms with Crippen molar-refractivity contribution >= 4 is 24.8 Å². The van der Waals surface area contributed by atoms with E-state index < -0.39 is 0 Å². The molecule has 1 heterocycles. The maximum Gasteiger partial charge on any atom is 0.155 e. The van der Waals surface area contributed by atoms with Gasteiger partial charge in [0.1, 0.15) is 6.33 Å². The number of H-pyrrole nitrogens is 1. The molecule has 0 fully saturated rings. The van der Waals surface area contributed by atoms with Crippen LogP contribution in [0.3, 0.4) is 0 Å². The Morgan fingerprint density at radius 2 is 1.80 bits per heavy atom. The van der Waals surface area contributed by atoms with E-state index in [1.54, 1.807) is 0 Å². The van der Waals surface area contributed by atoms with Gasteiger partial charge in [0.15, 0.2) is 5.82 Å². The molecule has 0 radical (unpaired) electrons. The average Bonchev–Trinajstić information content (AvgIpc) is 2.71. The lowest BCUT2D eigenvalue weighted by Crippen LogP contribution is -1.95. The molecule has 1 aromatic heterocycles. The first-order valence-corrected chi connectivity index (χ1v) is 4.05. The van der Waals surface area contributed by atoms with E-state index in [4.69, 9.17) is 5.73 Å². The van der Waals surface area contributed by atoms with E-state index in [2.05, 4.69) is 15.2 Å². The smallest absolute Gasteiger partial charge is 0.155 e. The summed E-state index contributed by atoms with van der Waals surface area (Å²) in [5, 5.41) is 6.58. The summed E-state index contributed by atoms with van der Waals surface area (Å²) in [4.78, 5) is 4.04. The molecule has 0 amide bonds. The normalized spacial score (nSPS) is 8.87. The van der Waals surface area contributed by atoms with E-state index in [1.165, 1.54) is 6.33 Å². The van der Waals surface area contributed by atoms with Crippen LogP contribution in [0.5, 0.6) is 0 Å². The molecule has 3 N–H and O–H groups in total. The average molecular weight is 247 g/mol. The molecule has 4 nitrogen and oxygen atoms in total. The van der Waals surface area contributed by atoms with E-state index in [0.717, 1.165) is 17.0 Å². The minimum absolute atomic E-state index is 0. The zero-order chi connectivity index (χ0) is 9.10. The third kappa shape index (κ3) is 3.20. The first-order valence-electron chi connectivity index (χ1n) is 4.05. The Morgan fingerprint density at radius 3 is 2.27 bits per heavy atom. The van der Waals surface area contributed by atoms with E-state index in [1.807, 2.05) is 24.3 Å². The van der Waals surface area contributed by atoms with Crippen LogP contribution in [-0.2, 0) is 6.54 Å². The zero-order valence-electron chi connectivity index (χ0n) is 7.88. The fraction of sp³-hybridized carbons (Fsp3) is 0.111. The van der Waals surface area contributed by atoms with E-state index >= 15 is 0 Å². The number of aromatic nitrogens is 3. The van der Waals surface area contributed by atoms with Gasteiger partial charge < -0.3 is 5.73 Å². The van der Waals surface area contributed by atoms with Crippen molar-refractivity contribution in [2.24, 2.45) is 5.73 Å². The van der Waals surface area contributed by atoms with Crippen LogP contribution >= 0.6 is 24.8 Å². The van der Waals surface area contributed by atoms with Crippen molar-refractivity contribution in [2.75, 3.05) is 0 Å². The second-order valence-electron chi connectivity index (χ2n) is 2.74. The predicted octanol–water partition coefficient (Wildman–Crippen LogP) is 1.77. The maximum absolute atomic E-state index is 5.48. The highest BCUT2D eigenvalue weighted by atomic mass is 35.5. The van der Waals surface area contributed by atoms with Gasteiger partial charge >= 0.3 is 0 Å². The summed E-state index contributed by atoms with van der Waals surface area (Å²) >= 11 is 0. The minimum atomic E-state index is 0. The van der Waals surface area contributed by atoms with Crippen molar-refractivity contribution in [3.63, 3.8) is 0 Å². The molecule has 6 heteroatoms. The molecule has 2 aromatic rings. The summed E-state index contributed by atoms with van der Waals surface area (Å²) in [6.07, 6.45) is 1.49. The van der Waals surface area contributed by atoms with Crippen LogP contribution in [0.1, 0.15) is 5.56 Å². The van der Waals surface area contributed by atoms with Crippen molar-refractivity contribution < 1.29 is 0 Å². The van der Waals surface area contributed by atoms with E-state index in [0.29, 0.717) is 6.54 Å². The molecule has 0 atom stereocenters. The third-order valence-corrected chi connectivity index (χ3v) is 1.88. The number of hydrogen-bond acceptors (Lipinski definition) is 3. The molecule has 0 saturated carbocycles. The van der Waals surface area contributed by atoms with Gasteiger partial charge in [-0.25, -0.2) is 4.98 Å². The van der Waals surface area contributed by atoms with Gasteiger partial charge in [0.05, 0.1) is 0 Å². The second kappa shape index (κ2) is 6.40. The van der Waals surface area contributed by atoms with Crippen molar-refractivity contribution in [2.45, 2.75) is 6.54 Å². The lowest BCUT2D eigenvalue weighted by molar-refractivity contribution is 1.07. The second-order valence-corrected chi connectivity index (χ2v) is 2.74. The maximum atomic E-state index is 5.48. The number of nitrogens with two attached hydrogens (primary N) is 1.